The number of phenolic OH excluding ortho intramolecular Hbond substituents is 1. The summed E-state index contributed by atoms with van der Waals surface area (Å²) >= 11 is 6.33. The molecule has 2 N–H and O–H groups in total. The van der Waals surface area contributed by atoms with E-state index < -0.39 is 16.5 Å². The first-order valence-corrected chi connectivity index (χ1v) is 7.57. The minimum atomic E-state index is -0.801. The van der Waals surface area contributed by atoms with Gasteiger partial charge in [-0.2, -0.15) is 10.2 Å². The second-order valence-electron chi connectivity index (χ2n) is 4.33. The number of phenols is 1. The van der Waals surface area contributed by atoms with Crippen molar-refractivity contribution in [2.75, 3.05) is 0 Å². The molecule has 1 aromatic heterocycles. The van der Waals surface area contributed by atoms with Crippen molar-refractivity contribution in [1.82, 2.24) is 15.2 Å². The van der Waals surface area contributed by atoms with E-state index in [4.69, 9.17) is 0 Å². The zero-order valence-electron chi connectivity index (χ0n) is 11.5. The number of benzene rings is 1. The van der Waals surface area contributed by atoms with Crippen molar-refractivity contribution in [1.29, 1.82) is 0 Å². The van der Waals surface area contributed by atoms with E-state index in [1.165, 1.54) is 17.9 Å². The molecule has 2 aromatic rings. The van der Waals surface area contributed by atoms with Crippen LogP contribution in [0.5, 0.6) is 5.75 Å². The zero-order valence-corrected chi connectivity index (χ0v) is 14.7. The van der Waals surface area contributed by atoms with Gasteiger partial charge in [-0.1, -0.05) is 0 Å². The second-order valence-corrected chi connectivity index (χ2v) is 6.03. The number of hydrogen-bond acceptors (Lipinski definition) is 6. The Morgan fingerprint density at radius 2 is 2.09 bits per heavy atom. The number of hydrogen-bond donors (Lipinski definition) is 2. The van der Waals surface area contributed by atoms with Crippen LogP contribution in [0.3, 0.4) is 0 Å². The summed E-state index contributed by atoms with van der Waals surface area (Å²) in [6.45, 7) is 0. The van der Waals surface area contributed by atoms with Crippen LogP contribution in [-0.2, 0) is 7.05 Å². The van der Waals surface area contributed by atoms with Crippen molar-refractivity contribution in [3.63, 3.8) is 0 Å². The average Bonchev–Trinajstić information content (AvgIpc) is 2.87. The molecule has 11 heteroatoms. The van der Waals surface area contributed by atoms with Crippen LogP contribution in [0.25, 0.3) is 0 Å². The van der Waals surface area contributed by atoms with Crippen molar-refractivity contribution >= 4 is 49.7 Å². The van der Waals surface area contributed by atoms with Gasteiger partial charge < -0.3 is 5.11 Å². The lowest BCUT2D eigenvalue weighted by Gasteiger charge is -2.02. The van der Waals surface area contributed by atoms with Crippen LogP contribution < -0.4 is 5.43 Å². The van der Waals surface area contributed by atoms with Crippen LogP contribution in [0.15, 0.2) is 32.4 Å². The lowest BCUT2D eigenvalue weighted by atomic mass is 10.2. The normalized spacial score (nSPS) is 10.9. The Labute approximate surface area is 146 Å². The smallest absolute Gasteiger partial charge is 0.320 e. The van der Waals surface area contributed by atoms with Gasteiger partial charge in [-0.3, -0.25) is 19.6 Å². The molecule has 1 heterocycles. The highest BCUT2D eigenvalue weighted by molar-refractivity contribution is 9.11. The SMILES string of the molecule is Cn1cc([N+](=O)[O-])c(C(=O)N/N=C/c2cc(Br)c(O)c(Br)c2)n1. The van der Waals surface area contributed by atoms with E-state index in [2.05, 4.69) is 47.5 Å². The molecule has 1 amide bonds. The van der Waals surface area contributed by atoms with Crippen molar-refractivity contribution in [2.24, 2.45) is 12.1 Å². The molecule has 0 spiro atoms. The molecular formula is C12H9Br2N5O4. The van der Waals surface area contributed by atoms with Crippen LogP contribution in [0.1, 0.15) is 16.1 Å². The number of aryl methyl sites for hydroxylation is 1. The van der Waals surface area contributed by atoms with Gasteiger partial charge in [0.15, 0.2) is 0 Å². The second kappa shape index (κ2) is 6.87. The van der Waals surface area contributed by atoms with E-state index in [1.54, 1.807) is 12.1 Å². The molecule has 23 heavy (non-hydrogen) atoms. The predicted molar refractivity (Wildman–Crippen MR) is 88.4 cm³/mol. The first-order chi connectivity index (χ1) is 10.8. The maximum atomic E-state index is 11.9. The third-order valence-electron chi connectivity index (χ3n) is 2.64. The first kappa shape index (κ1) is 17.1. The van der Waals surface area contributed by atoms with Gasteiger partial charge in [0.2, 0.25) is 5.69 Å². The van der Waals surface area contributed by atoms with Gasteiger partial charge in [0, 0.05) is 7.05 Å². The summed E-state index contributed by atoms with van der Waals surface area (Å²) in [4.78, 5) is 22.0. The van der Waals surface area contributed by atoms with Crippen molar-refractivity contribution in [3.8, 4) is 5.75 Å². The lowest BCUT2D eigenvalue weighted by Crippen LogP contribution is -2.19. The number of rotatable bonds is 4. The number of nitrogens with zero attached hydrogens (tertiary/aromatic N) is 4. The van der Waals surface area contributed by atoms with Crippen molar-refractivity contribution in [3.05, 3.63) is 48.6 Å². The van der Waals surface area contributed by atoms with Gasteiger partial charge in [0.05, 0.1) is 20.1 Å². The van der Waals surface area contributed by atoms with E-state index in [9.17, 15) is 20.0 Å². The highest BCUT2D eigenvalue weighted by Crippen LogP contribution is 2.32. The molecule has 0 aliphatic rings. The fourth-order valence-corrected chi connectivity index (χ4v) is 2.87. The van der Waals surface area contributed by atoms with Gasteiger partial charge >= 0.3 is 5.69 Å². The molecule has 0 fully saturated rings. The molecule has 0 aliphatic heterocycles. The topological polar surface area (TPSA) is 123 Å². The Bertz CT molecular complexity index is 795. The number of halogens is 2. The monoisotopic (exact) mass is 445 g/mol. The number of carbonyl (C=O) groups is 1. The molecule has 0 atom stereocenters. The van der Waals surface area contributed by atoms with Crippen LogP contribution in [0.4, 0.5) is 5.69 Å². The van der Waals surface area contributed by atoms with E-state index >= 15 is 0 Å². The highest BCUT2D eigenvalue weighted by Gasteiger charge is 2.24. The number of nitrogens with one attached hydrogen (secondary N) is 1. The molecule has 0 unspecified atom stereocenters. The fourth-order valence-electron chi connectivity index (χ4n) is 1.65. The van der Waals surface area contributed by atoms with Crippen molar-refractivity contribution in [2.45, 2.75) is 0 Å². The number of aromatic nitrogens is 2. The lowest BCUT2D eigenvalue weighted by molar-refractivity contribution is -0.385. The van der Waals surface area contributed by atoms with Gasteiger partial charge in [0.1, 0.15) is 11.9 Å². The summed E-state index contributed by atoms with van der Waals surface area (Å²) in [5.74, 6) is -0.763. The molecule has 0 bridgehead atoms. The summed E-state index contributed by atoms with van der Waals surface area (Å²) in [6.07, 6.45) is 2.45. The molecule has 9 nitrogen and oxygen atoms in total. The Morgan fingerprint density at radius 1 is 1.48 bits per heavy atom. The van der Waals surface area contributed by atoms with E-state index in [0.29, 0.717) is 14.5 Å². The number of hydrazone groups is 1. The van der Waals surface area contributed by atoms with E-state index in [-0.39, 0.29) is 11.4 Å². The minimum Gasteiger partial charge on any atom is -0.506 e. The Kier molecular flexibility index (Phi) is 5.11. The molecule has 0 saturated carbocycles. The van der Waals surface area contributed by atoms with Crippen LogP contribution >= 0.6 is 31.9 Å². The predicted octanol–water partition coefficient (Wildman–Crippen LogP) is 2.32. The van der Waals surface area contributed by atoms with Gasteiger partial charge in [0.25, 0.3) is 5.91 Å². The van der Waals surface area contributed by atoms with E-state index in [0.717, 1.165) is 6.20 Å². The summed E-state index contributed by atoms with van der Waals surface area (Å²) in [6, 6.07) is 3.16. The van der Waals surface area contributed by atoms with Gasteiger partial charge in [-0.25, -0.2) is 5.43 Å². The zero-order chi connectivity index (χ0) is 17.1. The quantitative estimate of drug-likeness (QED) is 0.423. The fraction of sp³-hybridized carbons (Fsp3) is 0.0833. The minimum absolute atomic E-state index is 0.0373. The summed E-state index contributed by atoms with van der Waals surface area (Å²) in [7, 11) is 1.47. The van der Waals surface area contributed by atoms with Crippen LogP contribution in [-0.4, -0.2) is 31.9 Å². The Morgan fingerprint density at radius 3 is 2.65 bits per heavy atom. The molecule has 0 saturated heterocycles. The van der Waals surface area contributed by atoms with Crippen LogP contribution in [0, 0.1) is 10.1 Å². The van der Waals surface area contributed by atoms with Crippen LogP contribution in [0.2, 0.25) is 0 Å². The molecule has 1 aromatic carbocycles. The molecule has 120 valence electrons. The Balaban J connectivity index is 2.15. The number of nitro groups is 1. The van der Waals surface area contributed by atoms with Gasteiger partial charge in [-0.05, 0) is 49.6 Å². The number of carbonyl (C=O) groups excluding carboxylic acids is 1. The number of aromatic hydroxyl groups is 1. The largest absolute Gasteiger partial charge is 0.506 e. The molecule has 0 aliphatic carbocycles. The van der Waals surface area contributed by atoms with Gasteiger partial charge in [-0.15, -0.1) is 0 Å². The summed E-state index contributed by atoms with van der Waals surface area (Å²) in [5.41, 5.74) is 2.01. The average molecular weight is 447 g/mol. The summed E-state index contributed by atoms with van der Waals surface area (Å²) < 4.78 is 2.06. The number of amides is 1. The first-order valence-electron chi connectivity index (χ1n) is 5.99. The standard InChI is InChI=1S/C12H9Br2N5O4/c1-18-5-9(19(22)23)10(17-18)12(21)16-15-4-6-2-7(13)11(20)8(14)3-6/h2-5,20H,1H3,(H,16,21)/b15-4+. The maximum Gasteiger partial charge on any atom is 0.320 e. The molecular weight excluding hydrogens is 438 g/mol. The summed E-state index contributed by atoms with van der Waals surface area (Å²) in [5, 5.41) is 27.9. The third kappa shape index (κ3) is 3.93. The molecule has 2 rings (SSSR count). The van der Waals surface area contributed by atoms with E-state index in [1.807, 2.05) is 0 Å². The Hall–Kier alpha value is -2.27. The third-order valence-corrected chi connectivity index (χ3v) is 3.85. The highest BCUT2D eigenvalue weighted by atomic mass is 79.9. The van der Waals surface area contributed by atoms with Crippen molar-refractivity contribution < 1.29 is 14.8 Å². The molecule has 0 radical (unpaired) electrons. The maximum absolute atomic E-state index is 11.9.